The van der Waals surface area contributed by atoms with Gasteiger partial charge in [-0.25, -0.2) is 13.4 Å². The van der Waals surface area contributed by atoms with Gasteiger partial charge in [0.25, 0.3) is 0 Å². The number of pyridine rings is 1. The summed E-state index contributed by atoms with van der Waals surface area (Å²) in [5.41, 5.74) is 0. The summed E-state index contributed by atoms with van der Waals surface area (Å²) in [5, 5.41) is 0.0755. The van der Waals surface area contributed by atoms with Gasteiger partial charge in [-0.05, 0) is 37.8 Å². The third kappa shape index (κ3) is 4.08. The summed E-state index contributed by atoms with van der Waals surface area (Å²) in [7, 11) is -4.26. The second kappa shape index (κ2) is 5.73. The molecule has 0 radical (unpaired) electrons. The van der Waals surface area contributed by atoms with Gasteiger partial charge in [0, 0.05) is 12.2 Å². The van der Waals surface area contributed by atoms with Gasteiger partial charge in [0.15, 0.2) is 0 Å². The summed E-state index contributed by atoms with van der Waals surface area (Å²) >= 11 is 5.57. The Hall–Kier alpha value is -0.860. The van der Waals surface area contributed by atoms with Gasteiger partial charge >= 0.3 is 6.18 Å². The highest BCUT2D eigenvalue weighted by atomic mass is 35.5. The lowest BCUT2D eigenvalue weighted by molar-refractivity contribution is -0.139. The Morgan fingerprint density at radius 1 is 1.43 bits per heavy atom. The van der Waals surface area contributed by atoms with E-state index >= 15 is 0 Å². The topological polar surface area (TPSA) is 50.3 Å². The molecule has 1 atom stereocenters. The van der Waals surface area contributed by atoms with Crippen LogP contribution in [0.1, 0.15) is 19.8 Å². The molecule has 0 aromatic carbocycles. The van der Waals surface area contributed by atoms with Gasteiger partial charge in [0.05, 0.1) is 0 Å². The first-order chi connectivity index (χ1) is 9.61. The molecule has 0 spiro atoms. The average Bonchev–Trinajstić information content (AvgIpc) is 3.18. The molecule has 9 heteroatoms. The minimum atomic E-state index is -4.60. The third-order valence-corrected chi connectivity index (χ3v) is 5.54. The highest BCUT2D eigenvalue weighted by Crippen LogP contribution is 2.38. The Labute approximate surface area is 126 Å². The van der Waals surface area contributed by atoms with Crippen LogP contribution in [0.5, 0.6) is 0 Å². The van der Waals surface area contributed by atoms with Crippen LogP contribution in [0.4, 0.5) is 13.2 Å². The van der Waals surface area contributed by atoms with E-state index in [1.165, 1.54) is 13.0 Å². The SMILES string of the molecule is CC(C1CC1)N(CC(F)(F)F)S(=O)(=O)c1ccc(Cl)nc1. The Morgan fingerprint density at radius 2 is 2.05 bits per heavy atom. The molecule has 1 heterocycles. The molecule has 1 unspecified atom stereocenters. The zero-order chi connectivity index (χ0) is 15.8. The molecule has 0 N–H and O–H groups in total. The van der Waals surface area contributed by atoms with E-state index in [1.807, 2.05) is 0 Å². The molecule has 118 valence electrons. The standard InChI is InChI=1S/C12H14ClF3N2O2S/c1-8(9-2-3-9)18(7-12(14,15)16)21(19,20)10-4-5-11(13)17-6-10/h4-6,8-9H,2-3,7H2,1H3. The van der Waals surface area contributed by atoms with E-state index in [1.54, 1.807) is 0 Å². The van der Waals surface area contributed by atoms with E-state index in [9.17, 15) is 21.6 Å². The fourth-order valence-electron chi connectivity index (χ4n) is 2.09. The van der Waals surface area contributed by atoms with Crippen molar-refractivity contribution >= 4 is 21.6 Å². The molecule has 1 saturated carbocycles. The fourth-order valence-corrected chi connectivity index (χ4v) is 3.82. The van der Waals surface area contributed by atoms with Gasteiger partial charge < -0.3 is 0 Å². The number of aromatic nitrogens is 1. The summed E-state index contributed by atoms with van der Waals surface area (Å²) in [6.45, 7) is -0.0000694. The first-order valence-corrected chi connectivity index (χ1v) is 8.13. The molecule has 1 aliphatic carbocycles. The van der Waals surface area contributed by atoms with Crippen LogP contribution in [-0.2, 0) is 10.0 Å². The Kier molecular flexibility index (Phi) is 4.51. The van der Waals surface area contributed by atoms with E-state index < -0.39 is 28.8 Å². The number of hydrogen-bond acceptors (Lipinski definition) is 3. The van der Waals surface area contributed by atoms with Crippen LogP contribution in [0.2, 0.25) is 5.15 Å². The first-order valence-electron chi connectivity index (χ1n) is 6.31. The fraction of sp³-hybridized carbons (Fsp3) is 0.583. The van der Waals surface area contributed by atoms with Gasteiger partial charge in [-0.3, -0.25) is 0 Å². The summed E-state index contributed by atoms with van der Waals surface area (Å²) in [6, 6.07) is 1.70. The van der Waals surface area contributed by atoms with Crippen molar-refractivity contribution < 1.29 is 21.6 Å². The molecule has 1 fully saturated rings. The van der Waals surface area contributed by atoms with Crippen LogP contribution in [0, 0.1) is 5.92 Å². The highest BCUT2D eigenvalue weighted by Gasteiger charge is 2.44. The lowest BCUT2D eigenvalue weighted by atomic mass is 10.2. The van der Waals surface area contributed by atoms with Crippen molar-refractivity contribution in [3.05, 3.63) is 23.5 Å². The normalized spacial score (nSPS) is 18.0. The monoisotopic (exact) mass is 342 g/mol. The predicted octanol–water partition coefficient (Wildman–Crippen LogP) is 3.09. The smallest absolute Gasteiger partial charge is 0.243 e. The van der Waals surface area contributed by atoms with Gasteiger partial charge in [-0.15, -0.1) is 0 Å². The second-order valence-electron chi connectivity index (χ2n) is 5.06. The molecule has 2 rings (SSSR count). The number of sulfonamides is 1. The first kappa shape index (κ1) is 16.5. The van der Waals surface area contributed by atoms with Crippen LogP contribution in [-0.4, -0.2) is 36.5 Å². The number of halogens is 4. The van der Waals surface area contributed by atoms with Crippen molar-refractivity contribution in [2.24, 2.45) is 5.92 Å². The number of hydrogen-bond donors (Lipinski definition) is 0. The molecule has 21 heavy (non-hydrogen) atoms. The number of nitrogens with zero attached hydrogens (tertiary/aromatic N) is 2. The van der Waals surface area contributed by atoms with E-state index in [4.69, 9.17) is 11.6 Å². The van der Waals surface area contributed by atoms with Gasteiger partial charge in [0.1, 0.15) is 16.6 Å². The Balaban J connectivity index is 2.35. The quantitative estimate of drug-likeness (QED) is 0.773. The van der Waals surface area contributed by atoms with E-state index in [0.29, 0.717) is 4.31 Å². The molecule has 1 aliphatic rings. The van der Waals surface area contributed by atoms with Crippen molar-refractivity contribution in [2.75, 3.05) is 6.54 Å². The molecular formula is C12H14ClF3N2O2S. The van der Waals surface area contributed by atoms with E-state index in [0.717, 1.165) is 25.1 Å². The van der Waals surface area contributed by atoms with E-state index in [-0.39, 0.29) is 16.0 Å². The Bertz CT molecular complexity index is 600. The van der Waals surface area contributed by atoms with Crippen LogP contribution >= 0.6 is 11.6 Å². The van der Waals surface area contributed by atoms with Crippen molar-refractivity contribution in [1.29, 1.82) is 0 Å². The maximum Gasteiger partial charge on any atom is 0.402 e. The Morgan fingerprint density at radius 3 is 2.48 bits per heavy atom. The van der Waals surface area contributed by atoms with Crippen LogP contribution < -0.4 is 0 Å². The molecule has 0 bridgehead atoms. The highest BCUT2D eigenvalue weighted by molar-refractivity contribution is 7.89. The van der Waals surface area contributed by atoms with Crippen molar-refractivity contribution in [3.63, 3.8) is 0 Å². The van der Waals surface area contributed by atoms with Crippen molar-refractivity contribution in [1.82, 2.24) is 9.29 Å². The summed E-state index contributed by atoms with van der Waals surface area (Å²) in [5.74, 6) is -0.0256. The van der Waals surface area contributed by atoms with Gasteiger partial charge in [0.2, 0.25) is 10.0 Å². The van der Waals surface area contributed by atoms with Gasteiger partial charge in [-0.1, -0.05) is 11.6 Å². The number of alkyl halides is 3. The maximum absolute atomic E-state index is 12.7. The summed E-state index contributed by atoms with van der Waals surface area (Å²) in [6.07, 6.45) is -2.15. The lowest BCUT2D eigenvalue weighted by Gasteiger charge is -2.29. The zero-order valence-corrected chi connectivity index (χ0v) is 12.7. The second-order valence-corrected chi connectivity index (χ2v) is 7.34. The summed E-state index contributed by atoms with van der Waals surface area (Å²) in [4.78, 5) is 3.33. The molecular weight excluding hydrogens is 329 g/mol. The number of rotatable bonds is 5. The molecule has 0 amide bonds. The molecule has 0 aliphatic heterocycles. The van der Waals surface area contributed by atoms with Gasteiger partial charge in [-0.2, -0.15) is 17.5 Å². The largest absolute Gasteiger partial charge is 0.402 e. The van der Waals surface area contributed by atoms with Crippen LogP contribution in [0.3, 0.4) is 0 Å². The van der Waals surface area contributed by atoms with Crippen LogP contribution in [0.25, 0.3) is 0 Å². The lowest BCUT2D eigenvalue weighted by Crippen LogP contribution is -2.45. The third-order valence-electron chi connectivity index (χ3n) is 3.40. The molecule has 4 nitrogen and oxygen atoms in total. The maximum atomic E-state index is 12.7. The van der Waals surface area contributed by atoms with Crippen molar-refractivity contribution in [3.8, 4) is 0 Å². The minimum absolute atomic E-state index is 0.0256. The van der Waals surface area contributed by atoms with Crippen LogP contribution in [0.15, 0.2) is 23.2 Å². The molecule has 1 aromatic heterocycles. The van der Waals surface area contributed by atoms with Crippen molar-refractivity contribution in [2.45, 2.75) is 36.9 Å². The van der Waals surface area contributed by atoms with E-state index in [2.05, 4.69) is 4.98 Å². The minimum Gasteiger partial charge on any atom is -0.243 e. The molecule has 0 saturated heterocycles. The zero-order valence-electron chi connectivity index (χ0n) is 11.1. The predicted molar refractivity (Wildman–Crippen MR) is 71.4 cm³/mol. The summed E-state index contributed by atoms with van der Waals surface area (Å²) < 4.78 is 63.5. The molecule has 1 aromatic rings. The average molecular weight is 343 g/mol.